The topological polar surface area (TPSA) is 63.8 Å². The van der Waals surface area contributed by atoms with Crippen LogP contribution in [-0.4, -0.2) is 16.5 Å². The molecule has 94 valence electrons. The molecule has 0 saturated heterocycles. The van der Waals surface area contributed by atoms with Crippen molar-refractivity contribution in [3.63, 3.8) is 0 Å². The van der Waals surface area contributed by atoms with Gasteiger partial charge in [0, 0.05) is 6.54 Å². The van der Waals surface area contributed by atoms with E-state index in [1.807, 2.05) is 18.2 Å². The van der Waals surface area contributed by atoms with Crippen molar-refractivity contribution >= 4 is 23.4 Å². The van der Waals surface area contributed by atoms with Crippen LogP contribution in [0.15, 0.2) is 36.5 Å². The summed E-state index contributed by atoms with van der Waals surface area (Å²) in [5, 5.41) is 3.67. The molecule has 3 N–H and O–H groups in total. The molecule has 4 nitrogen and oxygen atoms in total. The minimum absolute atomic E-state index is 0.217. The van der Waals surface area contributed by atoms with Gasteiger partial charge in [-0.05, 0) is 11.5 Å². The molecule has 1 aromatic carbocycles. The molecule has 0 saturated carbocycles. The van der Waals surface area contributed by atoms with Gasteiger partial charge in [-0.25, -0.2) is 4.98 Å². The van der Waals surface area contributed by atoms with Crippen LogP contribution in [-0.2, 0) is 0 Å². The fourth-order valence-corrected chi connectivity index (χ4v) is 1.81. The van der Waals surface area contributed by atoms with E-state index in [4.69, 9.17) is 17.3 Å². The highest BCUT2D eigenvalue weighted by Crippen LogP contribution is 2.20. The second kappa shape index (κ2) is 5.69. The van der Waals surface area contributed by atoms with Crippen LogP contribution in [0, 0.1) is 0 Å². The average molecular weight is 263 g/mol. The molecule has 0 amide bonds. The zero-order valence-electron chi connectivity index (χ0n) is 10.1. The molecule has 0 bridgehead atoms. The third-order valence-electron chi connectivity index (χ3n) is 2.71. The Morgan fingerprint density at radius 2 is 2.06 bits per heavy atom. The second-order valence-electron chi connectivity index (χ2n) is 4.12. The van der Waals surface area contributed by atoms with Gasteiger partial charge in [-0.3, -0.25) is 0 Å². The van der Waals surface area contributed by atoms with Crippen molar-refractivity contribution in [1.29, 1.82) is 0 Å². The number of nitrogen functional groups attached to an aromatic ring is 1. The number of nitrogens with one attached hydrogen (secondary N) is 1. The molecule has 1 atom stereocenters. The van der Waals surface area contributed by atoms with Crippen molar-refractivity contribution in [3.05, 3.63) is 47.1 Å². The van der Waals surface area contributed by atoms with Gasteiger partial charge in [0.15, 0.2) is 0 Å². The van der Waals surface area contributed by atoms with Crippen LogP contribution >= 0.6 is 11.6 Å². The normalized spacial score (nSPS) is 12.1. The standard InChI is InChI=1S/C13H15ClN4/c1-9(10-5-3-2-4-6-10)7-16-12-11(14)8-17-13(15)18-12/h2-6,8-9H,7H2,1H3,(H3,15,16,17,18). The zero-order valence-corrected chi connectivity index (χ0v) is 10.9. The molecule has 1 aromatic heterocycles. The minimum Gasteiger partial charge on any atom is -0.368 e. The van der Waals surface area contributed by atoms with Gasteiger partial charge < -0.3 is 11.1 Å². The van der Waals surface area contributed by atoms with Crippen LogP contribution < -0.4 is 11.1 Å². The number of hydrogen-bond donors (Lipinski definition) is 2. The Morgan fingerprint density at radius 3 is 2.78 bits per heavy atom. The molecule has 2 rings (SSSR count). The van der Waals surface area contributed by atoms with Crippen molar-refractivity contribution < 1.29 is 0 Å². The first-order valence-electron chi connectivity index (χ1n) is 5.73. The third-order valence-corrected chi connectivity index (χ3v) is 2.98. The van der Waals surface area contributed by atoms with E-state index in [2.05, 4.69) is 34.3 Å². The molecule has 1 heterocycles. The number of nitrogens with zero attached hydrogens (tertiary/aromatic N) is 2. The Labute approximate surface area is 111 Å². The first kappa shape index (κ1) is 12.6. The summed E-state index contributed by atoms with van der Waals surface area (Å²) in [6.07, 6.45) is 1.50. The van der Waals surface area contributed by atoms with Crippen molar-refractivity contribution in [2.75, 3.05) is 17.6 Å². The first-order valence-corrected chi connectivity index (χ1v) is 6.11. The number of nitrogens with two attached hydrogens (primary N) is 1. The Kier molecular flexibility index (Phi) is 3.99. The zero-order chi connectivity index (χ0) is 13.0. The van der Waals surface area contributed by atoms with Gasteiger partial charge in [0.2, 0.25) is 5.95 Å². The molecule has 1 unspecified atom stereocenters. The Bertz CT molecular complexity index is 516. The quantitative estimate of drug-likeness (QED) is 0.889. The average Bonchev–Trinajstić information content (AvgIpc) is 2.40. The Morgan fingerprint density at radius 1 is 1.33 bits per heavy atom. The van der Waals surface area contributed by atoms with Crippen molar-refractivity contribution in [3.8, 4) is 0 Å². The van der Waals surface area contributed by atoms with Crippen LogP contribution in [0.3, 0.4) is 0 Å². The molecular formula is C13H15ClN4. The van der Waals surface area contributed by atoms with Gasteiger partial charge in [-0.15, -0.1) is 0 Å². The Balaban J connectivity index is 2.01. The predicted octanol–water partition coefficient (Wildman–Crippen LogP) is 2.93. The van der Waals surface area contributed by atoms with E-state index in [-0.39, 0.29) is 5.95 Å². The minimum atomic E-state index is 0.217. The summed E-state index contributed by atoms with van der Waals surface area (Å²) in [6.45, 7) is 2.88. The molecule has 0 aliphatic carbocycles. The molecule has 0 fully saturated rings. The van der Waals surface area contributed by atoms with E-state index in [9.17, 15) is 0 Å². The lowest BCUT2D eigenvalue weighted by molar-refractivity contribution is 0.801. The highest BCUT2D eigenvalue weighted by atomic mass is 35.5. The van der Waals surface area contributed by atoms with Gasteiger partial charge in [0.25, 0.3) is 0 Å². The first-order chi connectivity index (χ1) is 8.66. The van der Waals surface area contributed by atoms with E-state index in [0.29, 0.717) is 16.8 Å². The summed E-state index contributed by atoms with van der Waals surface area (Å²) < 4.78 is 0. The highest BCUT2D eigenvalue weighted by molar-refractivity contribution is 6.32. The largest absolute Gasteiger partial charge is 0.368 e. The van der Waals surface area contributed by atoms with E-state index < -0.39 is 0 Å². The number of anilines is 2. The molecule has 0 aliphatic heterocycles. The fourth-order valence-electron chi connectivity index (χ4n) is 1.65. The highest BCUT2D eigenvalue weighted by Gasteiger charge is 2.07. The van der Waals surface area contributed by atoms with Gasteiger partial charge in [-0.1, -0.05) is 48.9 Å². The van der Waals surface area contributed by atoms with Crippen LogP contribution in [0.25, 0.3) is 0 Å². The summed E-state index contributed by atoms with van der Waals surface area (Å²) >= 11 is 5.98. The molecule has 0 aliphatic rings. The summed E-state index contributed by atoms with van der Waals surface area (Å²) in [4.78, 5) is 7.88. The van der Waals surface area contributed by atoms with E-state index in [0.717, 1.165) is 6.54 Å². The van der Waals surface area contributed by atoms with Crippen LogP contribution in [0.1, 0.15) is 18.4 Å². The number of rotatable bonds is 4. The van der Waals surface area contributed by atoms with Crippen LogP contribution in [0.4, 0.5) is 11.8 Å². The molecule has 0 spiro atoms. The second-order valence-corrected chi connectivity index (χ2v) is 4.52. The molecule has 2 aromatic rings. The van der Waals surface area contributed by atoms with Gasteiger partial charge in [0.1, 0.15) is 10.8 Å². The van der Waals surface area contributed by atoms with Crippen LogP contribution in [0.2, 0.25) is 5.02 Å². The lowest BCUT2D eigenvalue weighted by Gasteiger charge is -2.14. The molecular weight excluding hydrogens is 248 g/mol. The fraction of sp³-hybridized carbons (Fsp3) is 0.231. The lowest BCUT2D eigenvalue weighted by Crippen LogP contribution is -2.12. The lowest BCUT2D eigenvalue weighted by atomic mass is 10.0. The van der Waals surface area contributed by atoms with Crippen molar-refractivity contribution in [2.45, 2.75) is 12.8 Å². The summed E-state index contributed by atoms with van der Waals surface area (Å²) in [6, 6.07) is 10.3. The maximum atomic E-state index is 5.98. The van der Waals surface area contributed by atoms with Gasteiger partial charge >= 0.3 is 0 Å². The van der Waals surface area contributed by atoms with E-state index in [1.54, 1.807) is 0 Å². The van der Waals surface area contributed by atoms with Gasteiger partial charge in [-0.2, -0.15) is 4.98 Å². The molecule has 18 heavy (non-hydrogen) atoms. The number of hydrogen-bond acceptors (Lipinski definition) is 4. The number of benzene rings is 1. The van der Waals surface area contributed by atoms with Crippen LogP contribution in [0.5, 0.6) is 0 Å². The summed E-state index contributed by atoms with van der Waals surface area (Å²) in [5.74, 6) is 1.15. The SMILES string of the molecule is CC(CNc1nc(N)ncc1Cl)c1ccccc1. The molecule has 0 radical (unpaired) electrons. The monoisotopic (exact) mass is 262 g/mol. The maximum Gasteiger partial charge on any atom is 0.222 e. The smallest absolute Gasteiger partial charge is 0.222 e. The summed E-state index contributed by atoms with van der Waals surface area (Å²) in [5.41, 5.74) is 6.79. The van der Waals surface area contributed by atoms with Crippen molar-refractivity contribution in [2.24, 2.45) is 0 Å². The maximum absolute atomic E-state index is 5.98. The summed E-state index contributed by atoms with van der Waals surface area (Å²) in [7, 11) is 0. The van der Waals surface area contributed by atoms with Crippen molar-refractivity contribution in [1.82, 2.24) is 9.97 Å². The number of aromatic nitrogens is 2. The van der Waals surface area contributed by atoms with E-state index >= 15 is 0 Å². The number of halogens is 1. The predicted molar refractivity (Wildman–Crippen MR) is 74.8 cm³/mol. The third kappa shape index (κ3) is 3.11. The van der Waals surface area contributed by atoms with E-state index in [1.165, 1.54) is 11.8 Å². The molecule has 5 heteroatoms. The Hall–Kier alpha value is -1.81. The van der Waals surface area contributed by atoms with Gasteiger partial charge in [0.05, 0.1) is 6.20 Å².